The fraction of sp³-hybridized carbons (Fsp3) is 0.381. The molecule has 3 heterocycles. The van der Waals surface area contributed by atoms with Crippen molar-refractivity contribution in [3.05, 3.63) is 60.1 Å². The summed E-state index contributed by atoms with van der Waals surface area (Å²) in [5.41, 5.74) is 0.720. The average molecular weight is 397 g/mol. The zero-order chi connectivity index (χ0) is 19.3. The van der Waals surface area contributed by atoms with Crippen LogP contribution in [0.4, 0.5) is 5.95 Å². The Kier molecular flexibility index (Phi) is 5.81. The number of Topliss-reactive ketones (excluding diaryl/α,β-unsaturated/α-hetero) is 1. The Bertz CT molecular complexity index is 900. The van der Waals surface area contributed by atoms with Crippen LogP contribution in [-0.2, 0) is 6.54 Å². The molecule has 1 saturated heterocycles. The number of hydrogen-bond acceptors (Lipinski definition) is 6. The molecule has 2 aromatic heterocycles. The molecular formula is C21H24N4O2S. The standard InChI is InChI=1S/C21H24N4O2S/c1-16-9-11-24(12-10-16)20-22-23-21(25(20)14-18-8-5-13-27-18)28-15-19(26)17-6-3-2-4-7-17/h2-8,13,16H,9-12,14-15H2,1H3. The lowest BCUT2D eigenvalue weighted by atomic mass is 10.00. The van der Waals surface area contributed by atoms with E-state index < -0.39 is 0 Å². The largest absolute Gasteiger partial charge is 0.467 e. The van der Waals surface area contributed by atoms with E-state index in [1.807, 2.05) is 42.5 Å². The molecule has 0 N–H and O–H groups in total. The van der Waals surface area contributed by atoms with Crippen LogP contribution in [0.1, 0.15) is 35.9 Å². The van der Waals surface area contributed by atoms with Crippen LogP contribution in [0.5, 0.6) is 0 Å². The molecule has 0 unspecified atom stereocenters. The van der Waals surface area contributed by atoms with Gasteiger partial charge in [-0.2, -0.15) is 0 Å². The lowest BCUT2D eigenvalue weighted by Gasteiger charge is -2.31. The van der Waals surface area contributed by atoms with Crippen molar-refractivity contribution >= 4 is 23.5 Å². The maximum absolute atomic E-state index is 12.5. The van der Waals surface area contributed by atoms with Crippen LogP contribution in [0.15, 0.2) is 58.3 Å². The number of hydrogen-bond donors (Lipinski definition) is 0. The van der Waals surface area contributed by atoms with Crippen molar-refractivity contribution in [1.29, 1.82) is 0 Å². The van der Waals surface area contributed by atoms with Gasteiger partial charge in [0, 0.05) is 18.7 Å². The number of thioether (sulfide) groups is 1. The molecule has 0 bridgehead atoms. The number of benzene rings is 1. The first-order valence-electron chi connectivity index (χ1n) is 9.62. The fourth-order valence-corrected chi connectivity index (χ4v) is 4.19. The Balaban J connectivity index is 1.53. The fourth-order valence-electron chi connectivity index (χ4n) is 3.36. The van der Waals surface area contributed by atoms with Crippen LogP contribution >= 0.6 is 11.8 Å². The number of piperidine rings is 1. The number of aromatic nitrogens is 3. The van der Waals surface area contributed by atoms with Crippen LogP contribution in [-0.4, -0.2) is 39.4 Å². The van der Waals surface area contributed by atoms with E-state index >= 15 is 0 Å². The molecule has 1 aromatic carbocycles. The predicted octanol–water partition coefficient (Wildman–Crippen LogP) is 4.13. The number of furan rings is 1. The van der Waals surface area contributed by atoms with E-state index in [2.05, 4.69) is 26.6 Å². The molecule has 0 saturated carbocycles. The third-order valence-electron chi connectivity index (χ3n) is 5.09. The molecule has 0 spiro atoms. The van der Waals surface area contributed by atoms with Gasteiger partial charge in [0.15, 0.2) is 10.9 Å². The van der Waals surface area contributed by atoms with Gasteiger partial charge in [0.1, 0.15) is 5.76 Å². The Labute approximate surface area is 168 Å². The zero-order valence-electron chi connectivity index (χ0n) is 16.0. The smallest absolute Gasteiger partial charge is 0.228 e. The number of ketones is 1. The van der Waals surface area contributed by atoms with Gasteiger partial charge in [0.25, 0.3) is 0 Å². The summed E-state index contributed by atoms with van der Waals surface area (Å²) >= 11 is 1.43. The van der Waals surface area contributed by atoms with E-state index in [4.69, 9.17) is 4.42 Å². The summed E-state index contributed by atoms with van der Waals surface area (Å²) in [6.07, 6.45) is 3.98. The van der Waals surface area contributed by atoms with E-state index in [1.54, 1.807) is 6.26 Å². The van der Waals surface area contributed by atoms with Gasteiger partial charge < -0.3 is 9.32 Å². The minimum Gasteiger partial charge on any atom is -0.467 e. The second kappa shape index (κ2) is 8.65. The van der Waals surface area contributed by atoms with Gasteiger partial charge >= 0.3 is 0 Å². The first kappa shape index (κ1) is 18.8. The van der Waals surface area contributed by atoms with Gasteiger partial charge in [-0.05, 0) is 30.9 Å². The van der Waals surface area contributed by atoms with Crippen molar-refractivity contribution in [2.75, 3.05) is 23.7 Å². The highest BCUT2D eigenvalue weighted by Gasteiger charge is 2.23. The van der Waals surface area contributed by atoms with Gasteiger partial charge in [-0.25, -0.2) is 0 Å². The SMILES string of the molecule is CC1CCN(c2nnc(SCC(=O)c3ccccc3)n2Cc2ccco2)CC1. The van der Waals surface area contributed by atoms with Crippen LogP contribution in [0.3, 0.4) is 0 Å². The Hall–Kier alpha value is -2.54. The molecule has 1 aliphatic rings. The average Bonchev–Trinajstić information content (AvgIpc) is 3.38. The number of nitrogens with zero attached hydrogens (tertiary/aromatic N) is 4. The van der Waals surface area contributed by atoms with E-state index in [0.29, 0.717) is 12.3 Å². The van der Waals surface area contributed by atoms with Gasteiger partial charge in [0.2, 0.25) is 5.95 Å². The molecule has 0 atom stereocenters. The second-order valence-electron chi connectivity index (χ2n) is 7.20. The molecule has 0 radical (unpaired) electrons. The third-order valence-corrected chi connectivity index (χ3v) is 6.05. The maximum atomic E-state index is 12.5. The minimum absolute atomic E-state index is 0.0893. The van der Waals surface area contributed by atoms with Gasteiger partial charge in [-0.3, -0.25) is 9.36 Å². The monoisotopic (exact) mass is 396 g/mol. The molecule has 1 aliphatic heterocycles. The topological polar surface area (TPSA) is 64.2 Å². The van der Waals surface area contributed by atoms with Gasteiger partial charge in [-0.15, -0.1) is 10.2 Å². The summed E-state index contributed by atoms with van der Waals surface area (Å²) in [6, 6.07) is 13.2. The first-order valence-corrected chi connectivity index (χ1v) is 10.6. The van der Waals surface area contributed by atoms with Crippen LogP contribution < -0.4 is 4.90 Å². The lowest BCUT2D eigenvalue weighted by molar-refractivity contribution is 0.102. The van der Waals surface area contributed by atoms with E-state index in [9.17, 15) is 4.79 Å². The Morgan fingerprint density at radius 3 is 2.64 bits per heavy atom. The molecule has 1 fully saturated rings. The first-order chi connectivity index (χ1) is 13.7. The summed E-state index contributed by atoms with van der Waals surface area (Å²) in [5, 5.41) is 9.60. The molecule has 7 heteroatoms. The third kappa shape index (κ3) is 4.30. The van der Waals surface area contributed by atoms with E-state index in [0.717, 1.165) is 54.3 Å². The van der Waals surface area contributed by atoms with Crippen molar-refractivity contribution in [3.8, 4) is 0 Å². The molecule has 4 rings (SSSR count). The number of rotatable bonds is 7. The highest BCUT2D eigenvalue weighted by atomic mass is 32.2. The number of anilines is 1. The van der Waals surface area contributed by atoms with E-state index in [-0.39, 0.29) is 5.78 Å². The van der Waals surface area contributed by atoms with Crippen LogP contribution in [0, 0.1) is 5.92 Å². The molecular weight excluding hydrogens is 372 g/mol. The van der Waals surface area contributed by atoms with Crippen molar-refractivity contribution in [2.45, 2.75) is 31.5 Å². The number of carbonyl (C=O) groups excluding carboxylic acids is 1. The molecule has 3 aromatic rings. The number of carbonyl (C=O) groups is 1. The summed E-state index contributed by atoms with van der Waals surface area (Å²) in [6.45, 7) is 4.81. The zero-order valence-corrected chi connectivity index (χ0v) is 16.8. The summed E-state index contributed by atoms with van der Waals surface area (Å²) in [7, 11) is 0. The minimum atomic E-state index is 0.0893. The molecule has 146 valence electrons. The molecule has 0 aliphatic carbocycles. The van der Waals surface area contributed by atoms with Crippen LogP contribution in [0.25, 0.3) is 0 Å². The Morgan fingerprint density at radius 2 is 1.93 bits per heavy atom. The van der Waals surface area contributed by atoms with Crippen molar-refractivity contribution in [1.82, 2.24) is 14.8 Å². The second-order valence-corrected chi connectivity index (χ2v) is 8.14. The summed E-state index contributed by atoms with van der Waals surface area (Å²) in [4.78, 5) is 14.8. The maximum Gasteiger partial charge on any atom is 0.228 e. The van der Waals surface area contributed by atoms with Gasteiger partial charge in [-0.1, -0.05) is 49.0 Å². The molecule has 28 heavy (non-hydrogen) atoms. The summed E-state index contributed by atoms with van der Waals surface area (Å²) in [5.74, 6) is 2.87. The van der Waals surface area contributed by atoms with E-state index in [1.165, 1.54) is 11.8 Å². The summed E-state index contributed by atoms with van der Waals surface area (Å²) < 4.78 is 7.61. The van der Waals surface area contributed by atoms with Crippen molar-refractivity contribution in [2.24, 2.45) is 5.92 Å². The predicted molar refractivity (Wildman–Crippen MR) is 110 cm³/mol. The molecule has 0 amide bonds. The molecule has 6 nitrogen and oxygen atoms in total. The normalized spacial score (nSPS) is 15.1. The highest BCUT2D eigenvalue weighted by molar-refractivity contribution is 7.99. The Morgan fingerprint density at radius 1 is 1.14 bits per heavy atom. The van der Waals surface area contributed by atoms with Gasteiger partial charge in [0.05, 0.1) is 18.6 Å². The van der Waals surface area contributed by atoms with Crippen molar-refractivity contribution < 1.29 is 9.21 Å². The van der Waals surface area contributed by atoms with Crippen LogP contribution in [0.2, 0.25) is 0 Å². The quantitative estimate of drug-likeness (QED) is 0.442. The lowest BCUT2D eigenvalue weighted by Crippen LogP contribution is -2.35. The highest BCUT2D eigenvalue weighted by Crippen LogP contribution is 2.27. The van der Waals surface area contributed by atoms with Crippen molar-refractivity contribution in [3.63, 3.8) is 0 Å².